The molecule has 182 valence electrons. The van der Waals surface area contributed by atoms with Gasteiger partial charge in [-0.3, -0.25) is 9.98 Å². The van der Waals surface area contributed by atoms with Crippen molar-refractivity contribution in [2.24, 2.45) is 16.8 Å². The van der Waals surface area contributed by atoms with Crippen LogP contribution in [0.25, 0.3) is 5.70 Å². The summed E-state index contributed by atoms with van der Waals surface area (Å²) in [5.74, 6) is 1.21. The van der Waals surface area contributed by atoms with Gasteiger partial charge in [0.1, 0.15) is 0 Å². The summed E-state index contributed by atoms with van der Waals surface area (Å²) in [4.78, 5) is 12.0. The first-order chi connectivity index (χ1) is 16.4. The highest BCUT2D eigenvalue weighted by Gasteiger charge is 2.30. The van der Waals surface area contributed by atoms with E-state index in [0.717, 1.165) is 34.0 Å². The SMILES string of the molecule is C=C(CC)C1CCC(C2=NC(c3ccc(C(C)O)nc3)=C(Sc3ccc(Cl)cc3)C2)CC1.CC. The van der Waals surface area contributed by atoms with Crippen LogP contribution in [0.15, 0.2) is 69.5 Å². The fraction of sp³-hybridized carbons (Fsp3) is 0.448. The van der Waals surface area contributed by atoms with Gasteiger partial charge in [-0.2, -0.15) is 0 Å². The molecule has 1 fully saturated rings. The zero-order valence-electron chi connectivity index (χ0n) is 20.9. The summed E-state index contributed by atoms with van der Waals surface area (Å²) in [5, 5.41) is 10.6. The van der Waals surface area contributed by atoms with Crippen molar-refractivity contribution in [2.45, 2.75) is 77.2 Å². The molecule has 1 N–H and O–H groups in total. The fourth-order valence-corrected chi connectivity index (χ4v) is 5.76. The summed E-state index contributed by atoms with van der Waals surface area (Å²) >= 11 is 7.85. The van der Waals surface area contributed by atoms with E-state index < -0.39 is 6.10 Å². The van der Waals surface area contributed by atoms with Gasteiger partial charge in [-0.05, 0) is 87.3 Å². The number of aliphatic hydroxyl groups excluding tert-OH is 1. The van der Waals surface area contributed by atoms with E-state index >= 15 is 0 Å². The van der Waals surface area contributed by atoms with Crippen molar-refractivity contribution < 1.29 is 5.11 Å². The Balaban J connectivity index is 0.00000158. The fourth-order valence-electron chi connectivity index (χ4n) is 4.60. The van der Waals surface area contributed by atoms with Gasteiger partial charge in [0, 0.05) is 38.7 Å². The molecule has 1 atom stereocenters. The molecule has 3 nitrogen and oxygen atoms in total. The Kier molecular flexibility index (Phi) is 9.99. The van der Waals surface area contributed by atoms with Gasteiger partial charge in [-0.1, -0.05) is 56.3 Å². The van der Waals surface area contributed by atoms with Gasteiger partial charge in [0.05, 0.1) is 17.5 Å². The van der Waals surface area contributed by atoms with E-state index in [4.69, 9.17) is 16.6 Å². The lowest BCUT2D eigenvalue weighted by Gasteiger charge is -2.29. The monoisotopic (exact) mass is 496 g/mol. The van der Waals surface area contributed by atoms with Gasteiger partial charge in [0.25, 0.3) is 0 Å². The molecule has 0 radical (unpaired) electrons. The number of benzene rings is 1. The lowest BCUT2D eigenvalue weighted by atomic mass is 9.76. The summed E-state index contributed by atoms with van der Waals surface area (Å²) in [7, 11) is 0. The first-order valence-electron chi connectivity index (χ1n) is 12.5. The summed E-state index contributed by atoms with van der Waals surface area (Å²) in [6, 6.07) is 11.9. The van der Waals surface area contributed by atoms with Crippen LogP contribution in [-0.2, 0) is 0 Å². The Morgan fingerprint density at radius 3 is 2.35 bits per heavy atom. The highest BCUT2D eigenvalue weighted by molar-refractivity contribution is 8.03. The van der Waals surface area contributed by atoms with Crippen LogP contribution in [-0.4, -0.2) is 15.8 Å². The first kappa shape index (κ1) is 26.7. The standard InChI is InChI=1S/C27H31ClN2OS.C2H6/c1-4-17(2)19-5-7-20(8-6-19)25-15-26(32-23-12-10-22(28)11-13-23)27(30-25)21-9-14-24(18(3)31)29-16-21;1-2/h9-14,16,18-20,31H,2,4-8,15H2,1,3H3;1-2H3. The van der Waals surface area contributed by atoms with Gasteiger partial charge in [-0.15, -0.1) is 0 Å². The normalized spacial score (nSPS) is 20.9. The van der Waals surface area contributed by atoms with Crippen molar-refractivity contribution in [3.8, 4) is 0 Å². The number of hydrogen-bond acceptors (Lipinski definition) is 4. The molecule has 1 aromatic carbocycles. The third kappa shape index (κ3) is 6.62. The molecule has 1 aromatic heterocycles. The number of thioether (sulfide) groups is 1. The number of rotatable bonds is 7. The predicted octanol–water partition coefficient (Wildman–Crippen LogP) is 8.89. The third-order valence-electron chi connectivity index (χ3n) is 6.63. The maximum absolute atomic E-state index is 9.82. The molecule has 1 aliphatic heterocycles. The zero-order chi connectivity index (χ0) is 24.7. The average Bonchev–Trinajstić information content (AvgIpc) is 3.30. The van der Waals surface area contributed by atoms with Crippen molar-refractivity contribution in [3.05, 3.63) is 75.9 Å². The van der Waals surface area contributed by atoms with Gasteiger partial charge in [-0.25, -0.2) is 0 Å². The number of allylic oxidation sites excluding steroid dienone is 2. The van der Waals surface area contributed by atoms with Crippen LogP contribution in [0.1, 0.15) is 83.6 Å². The minimum Gasteiger partial charge on any atom is -0.387 e. The Morgan fingerprint density at radius 1 is 1.12 bits per heavy atom. The van der Waals surface area contributed by atoms with E-state index in [1.807, 2.05) is 44.3 Å². The molecular formula is C29H37ClN2OS. The van der Waals surface area contributed by atoms with E-state index in [-0.39, 0.29) is 0 Å². The number of aromatic nitrogens is 1. The van der Waals surface area contributed by atoms with Crippen LogP contribution < -0.4 is 0 Å². The maximum atomic E-state index is 9.82. The lowest BCUT2D eigenvalue weighted by Crippen LogP contribution is -2.21. The van der Waals surface area contributed by atoms with Crippen LogP contribution in [0, 0.1) is 11.8 Å². The van der Waals surface area contributed by atoms with E-state index in [0.29, 0.717) is 17.5 Å². The van der Waals surface area contributed by atoms with E-state index in [1.54, 1.807) is 18.7 Å². The molecule has 34 heavy (non-hydrogen) atoms. The predicted molar refractivity (Wildman–Crippen MR) is 147 cm³/mol. The molecule has 1 saturated carbocycles. The summed E-state index contributed by atoms with van der Waals surface area (Å²) in [6.45, 7) is 12.2. The molecule has 0 saturated heterocycles. The Hall–Kier alpha value is -1.88. The van der Waals surface area contributed by atoms with Gasteiger partial charge < -0.3 is 5.11 Å². The number of aliphatic imine (C=N–C) groups is 1. The van der Waals surface area contributed by atoms with Gasteiger partial charge in [0.2, 0.25) is 0 Å². The van der Waals surface area contributed by atoms with Crippen molar-refractivity contribution >= 4 is 34.8 Å². The Labute approximate surface area is 214 Å². The van der Waals surface area contributed by atoms with E-state index in [2.05, 4.69) is 30.6 Å². The average molecular weight is 497 g/mol. The number of halogens is 1. The molecule has 2 aliphatic rings. The Bertz CT molecular complexity index is 1020. The molecule has 2 heterocycles. The number of pyridine rings is 1. The van der Waals surface area contributed by atoms with Crippen molar-refractivity contribution in [2.75, 3.05) is 0 Å². The lowest BCUT2D eigenvalue weighted by molar-refractivity contribution is 0.194. The molecular weight excluding hydrogens is 460 g/mol. The van der Waals surface area contributed by atoms with Gasteiger partial charge >= 0.3 is 0 Å². The highest BCUT2D eigenvalue weighted by Crippen LogP contribution is 2.44. The molecule has 2 aromatic rings. The van der Waals surface area contributed by atoms with Crippen LogP contribution >= 0.6 is 23.4 Å². The second-order valence-electron chi connectivity index (χ2n) is 8.82. The molecule has 1 aliphatic carbocycles. The quantitative estimate of drug-likeness (QED) is 0.389. The van der Waals surface area contributed by atoms with Crippen LogP contribution in [0.4, 0.5) is 0 Å². The van der Waals surface area contributed by atoms with E-state index in [9.17, 15) is 5.11 Å². The van der Waals surface area contributed by atoms with Gasteiger partial charge in [0.15, 0.2) is 0 Å². The summed E-state index contributed by atoms with van der Waals surface area (Å²) in [6.07, 6.45) is 8.06. The highest BCUT2D eigenvalue weighted by atomic mass is 35.5. The molecule has 5 heteroatoms. The number of hydrogen-bond donors (Lipinski definition) is 1. The largest absolute Gasteiger partial charge is 0.387 e. The van der Waals surface area contributed by atoms with Crippen LogP contribution in [0.5, 0.6) is 0 Å². The first-order valence-corrected chi connectivity index (χ1v) is 13.7. The van der Waals surface area contributed by atoms with Crippen molar-refractivity contribution in [3.63, 3.8) is 0 Å². The molecule has 0 bridgehead atoms. The summed E-state index contributed by atoms with van der Waals surface area (Å²) < 4.78 is 0. The Morgan fingerprint density at radius 2 is 1.79 bits per heavy atom. The maximum Gasteiger partial charge on any atom is 0.0931 e. The smallest absolute Gasteiger partial charge is 0.0931 e. The zero-order valence-corrected chi connectivity index (χ0v) is 22.4. The molecule has 0 spiro atoms. The van der Waals surface area contributed by atoms with Crippen molar-refractivity contribution in [1.82, 2.24) is 4.98 Å². The molecule has 4 rings (SSSR count). The van der Waals surface area contributed by atoms with Crippen molar-refractivity contribution in [1.29, 1.82) is 0 Å². The molecule has 0 amide bonds. The van der Waals surface area contributed by atoms with Crippen LogP contribution in [0.3, 0.4) is 0 Å². The van der Waals surface area contributed by atoms with E-state index in [1.165, 1.54) is 41.9 Å². The second-order valence-corrected chi connectivity index (χ2v) is 10.4. The van der Waals surface area contributed by atoms with Crippen LogP contribution in [0.2, 0.25) is 5.02 Å². The summed E-state index contributed by atoms with van der Waals surface area (Å²) in [5.41, 5.74) is 5.41. The third-order valence-corrected chi connectivity index (χ3v) is 7.98. The minimum atomic E-state index is -0.573. The number of nitrogens with zero attached hydrogens (tertiary/aromatic N) is 2. The number of aliphatic hydroxyl groups is 1. The topological polar surface area (TPSA) is 45.5 Å². The minimum absolute atomic E-state index is 0.541. The second kappa shape index (κ2) is 12.7. The molecule has 1 unspecified atom stereocenters.